The molecule has 1 atom stereocenters. The van der Waals surface area contributed by atoms with Gasteiger partial charge in [0.05, 0.1) is 6.42 Å². The van der Waals surface area contributed by atoms with E-state index in [0.717, 1.165) is 16.3 Å². The van der Waals surface area contributed by atoms with Crippen molar-refractivity contribution in [1.82, 2.24) is 10.6 Å². The number of carbonyl (C=O) groups is 2. The third kappa shape index (κ3) is 5.47. The van der Waals surface area contributed by atoms with Crippen molar-refractivity contribution in [2.24, 2.45) is 5.92 Å². The van der Waals surface area contributed by atoms with Gasteiger partial charge in [0.15, 0.2) is 0 Å². The molecule has 0 saturated heterocycles. The largest absolute Gasteiger partial charge is 0.405 e. The van der Waals surface area contributed by atoms with E-state index in [-0.39, 0.29) is 12.3 Å². The van der Waals surface area contributed by atoms with E-state index in [9.17, 15) is 22.8 Å². The molecule has 2 N–H and O–H groups in total. The van der Waals surface area contributed by atoms with Gasteiger partial charge in [-0.3, -0.25) is 9.59 Å². The van der Waals surface area contributed by atoms with Crippen LogP contribution in [0.15, 0.2) is 42.5 Å². The number of nitrogens with one attached hydrogen (secondary N) is 2. The molecule has 0 heterocycles. The first kappa shape index (κ1) is 19.8. The van der Waals surface area contributed by atoms with E-state index < -0.39 is 30.6 Å². The lowest BCUT2D eigenvalue weighted by Crippen LogP contribution is -2.51. The summed E-state index contributed by atoms with van der Waals surface area (Å²) in [6.45, 7) is 1.90. The molecule has 0 aliphatic carbocycles. The van der Waals surface area contributed by atoms with Crippen LogP contribution in [-0.4, -0.2) is 30.6 Å². The molecule has 0 saturated carbocycles. The van der Waals surface area contributed by atoms with Gasteiger partial charge < -0.3 is 10.6 Å². The Morgan fingerprint density at radius 3 is 2.35 bits per heavy atom. The van der Waals surface area contributed by atoms with Crippen LogP contribution in [-0.2, 0) is 16.0 Å². The lowest BCUT2D eigenvalue weighted by atomic mass is 10.0. The minimum atomic E-state index is -4.50. The average molecular weight is 366 g/mol. The standard InChI is InChI=1S/C19H21F3N2O2/c1-12(2)17(18(26)23-11-19(20,21)22)24-16(25)10-14-8-5-7-13-6-3-4-9-15(13)14/h3-9,12,17H,10-11H2,1-2H3,(H,23,26)(H,24,25)/t17-/m0/s1. The normalized spacial score (nSPS) is 12.8. The Kier molecular flexibility index (Phi) is 6.23. The molecule has 0 aliphatic heterocycles. The molecule has 0 aliphatic rings. The van der Waals surface area contributed by atoms with Gasteiger partial charge in [-0.1, -0.05) is 56.3 Å². The third-order valence-corrected chi connectivity index (χ3v) is 3.96. The highest BCUT2D eigenvalue weighted by atomic mass is 19.4. The molecule has 0 bridgehead atoms. The Hall–Kier alpha value is -2.57. The lowest BCUT2D eigenvalue weighted by molar-refractivity contribution is -0.141. The molecule has 2 aromatic rings. The number of alkyl halides is 3. The number of benzene rings is 2. The maximum Gasteiger partial charge on any atom is 0.405 e. The zero-order valence-corrected chi connectivity index (χ0v) is 14.6. The summed E-state index contributed by atoms with van der Waals surface area (Å²) in [5, 5.41) is 6.28. The van der Waals surface area contributed by atoms with Crippen molar-refractivity contribution in [3.05, 3.63) is 48.0 Å². The van der Waals surface area contributed by atoms with Crippen LogP contribution < -0.4 is 10.6 Å². The molecule has 0 fully saturated rings. The topological polar surface area (TPSA) is 58.2 Å². The highest BCUT2D eigenvalue weighted by Gasteiger charge is 2.31. The first-order valence-corrected chi connectivity index (χ1v) is 8.28. The van der Waals surface area contributed by atoms with Crippen molar-refractivity contribution in [3.8, 4) is 0 Å². The van der Waals surface area contributed by atoms with Crippen molar-refractivity contribution >= 4 is 22.6 Å². The van der Waals surface area contributed by atoms with Crippen molar-refractivity contribution in [3.63, 3.8) is 0 Å². The Morgan fingerprint density at radius 2 is 1.69 bits per heavy atom. The van der Waals surface area contributed by atoms with Gasteiger partial charge in [-0.05, 0) is 22.3 Å². The van der Waals surface area contributed by atoms with Crippen LogP contribution in [0.2, 0.25) is 0 Å². The molecular formula is C19H21F3N2O2. The highest BCUT2D eigenvalue weighted by Crippen LogP contribution is 2.19. The third-order valence-electron chi connectivity index (χ3n) is 3.96. The van der Waals surface area contributed by atoms with Gasteiger partial charge >= 0.3 is 6.18 Å². The second kappa shape index (κ2) is 8.21. The van der Waals surface area contributed by atoms with Crippen LogP contribution in [0.4, 0.5) is 13.2 Å². The zero-order chi connectivity index (χ0) is 19.3. The van der Waals surface area contributed by atoms with Gasteiger partial charge in [-0.15, -0.1) is 0 Å². The van der Waals surface area contributed by atoms with E-state index >= 15 is 0 Å². The summed E-state index contributed by atoms with van der Waals surface area (Å²) < 4.78 is 36.8. The first-order valence-electron chi connectivity index (χ1n) is 8.28. The summed E-state index contributed by atoms with van der Waals surface area (Å²) in [5.74, 6) is -1.61. The van der Waals surface area contributed by atoms with E-state index in [1.54, 1.807) is 13.8 Å². The number of amides is 2. The molecule has 0 spiro atoms. The maximum absolute atomic E-state index is 12.4. The fourth-order valence-corrected chi connectivity index (χ4v) is 2.68. The van der Waals surface area contributed by atoms with Crippen molar-refractivity contribution < 1.29 is 22.8 Å². The van der Waals surface area contributed by atoms with Crippen LogP contribution in [0.5, 0.6) is 0 Å². The first-order chi connectivity index (χ1) is 12.2. The van der Waals surface area contributed by atoms with E-state index in [1.165, 1.54) is 0 Å². The monoisotopic (exact) mass is 366 g/mol. The molecule has 7 heteroatoms. The van der Waals surface area contributed by atoms with Crippen molar-refractivity contribution in [2.45, 2.75) is 32.5 Å². The minimum Gasteiger partial charge on any atom is -0.345 e. The fourth-order valence-electron chi connectivity index (χ4n) is 2.68. The highest BCUT2D eigenvalue weighted by molar-refractivity contribution is 5.92. The molecule has 26 heavy (non-hydrogen) atoms. The second-order valence-corrected chi connectivity index (χ2v) is 6.44. The molecule has 0 unspecified atom stereocenters. The van der Waals surface area contributed by atoms with Crippen LogP contribution in [0.3, 0.4) is 0 Å². The van der Waals surface area contributed by atoms with Gasteiger partial charge in [0, 0.05) is 0 Å². The molecule has 0 radical (unpaired) electrons. The van der Waals surface area contributed by atoms with Gasteiger partial charge in [-0.25, -0.2) is 0 Å². The number of rotatable bonds is 6. The Morgan fingerprint density at radius 1 is 1.04 bits per heavy atom. The summed E-state index contributed by atoms with van der Waals surface area (Å²) >= 11 is 0. The van der Waals surface area contributed by atoms with Crippen LogP contribution in [0, 0.1) is 5.92 Å². The Bertz CT molecular complexity index is 782. The number of fused-ring (bicyclic) bond motifs is 1. The molecular weight excluding hydrogens is 345 g/mol. The summed E-state index contributed by atoms with van der Waals surface area (Å²) in [7, 11) is 0. The number of halogens is 3. The zero-order valence-electron chi connectivity index (χ0n) is 14.6. The average Bonchev–Trinajstić information content (AvgIpc) is 2.57. The summed E-state index contributed by atoms with van der Waals surface area (Å²) in [5.41, 5.74) is 0.791. The van der Waals surface area contributed by atoms with E-state index in [4.69, 9.17) is 0 Å². The minimum absolute atomic E-state index is 0.0388. The Balaban J connectivity index is 2.06. The van der Waals surface area contributed by atoms with Crippen LogP contribution in [0.25, 0.3) is 10.8 Å². The number of hydrogen-bond acceptors (Lipinski definition) is 2. The maximum atomic E-state index is 12.4. The van der Waals surface area contributed by atoms with Gasteiger partial charge in [0.1, 0.15) is 12.6 Å². The van der Waals surface area contributed by atoms with E-state index in [1.807, 2.05) is 47.8 Å². The molecule has 4 nitrogen and oxygen atoms in total. The summed E-state index contributed by atoms with van der Waals surface area (Å²) in [4.78, 5) is 24.4. The van der Waals surface area contributed by atoms with E-state index in [0.29, 0.717) is 0 Å². The van der Waals surface area contributed by atoms with Gasteiger partial charge in [0.2, 0.25) is 11.8 Å². The molecule has 2 rings (SSSR count). The van der Waals surface area contributed by atoms with Crippen molar-refractivity contribution in [2.75, 3.05) is 6.54 Å². The van der Waals surface area contributed by atoms with Gasteiger partial charge in [-0.2, -0.15) is 13.2 Å². The van der Waals surface area contributed by atoms with Crippen molar-refractivity contribution in [1.29, 1.82) is 0 Å². The molecule has 2 amide bonds. The summed E-state index contributed by atoms with van der Waals surface area (Å²) in [6, 6.07) is 12.1. The lowest BCUT2D eigenvalue weighted by Gasteiger charge is -2.22. The van der Waals surface area contributed by atoms with E-state index in [2.05, 4.69) is 5.32 Å². The number of hydrogen-bond donors (Lipinski definition) is 2. The molecule has 140 valence electrons. The predicted octanol–water partition coefficient (Wildman–Crippen LogP) is 3.20. The predicted molar refractivity (Wildman–Crippen MR) is 93.5 cm³/mol. The molecule has 2 aromatic carbocycles. The van der Waals surface area contributed by atoms with Gasteiger partial charge in [0.25, 0.3) is 0 Å². The van der Waals surface area contributed by atoms with Crippen LogP contribution >= 0.6 is 0 Å². The fraction of sp³-hybridized carbons (Fsp3) is 0.368. The second-order valence-electron chi connectivity index (χ2n) is 6.44. The number of carbonyl (C=O) groups excluding carboxylic acids is 2. The quantitative estimate of drug-likeness (QED) is 0.825. The molecule has 0 aromatic heterocycles. The summed E-state index contributed by atoms with van der Waals surface area (Å²) in [6.07, 6.45) is -4.46. The van der Waals surface area contributed by atoms with Crippen LogP contribution in [0.1, 0.15) is 19.4 Å². The Labute approximate surface area is 149 Å². The SMILES string of the molecule is CC(C)[C@H](NC(=O)Cc1cccc2ccccc12)C(=O)NCC(F)(F)F. The smallest absolute Gasteiger partial charge is 0.345 e.